The van der Waals surface area contributed by atoms with E-state index in [1.807, 2.05) is 12.1 Å². The quantitative estimate of drug-likeness (QED) is 0.918. The number of benzene rings is 1. The number of rotatable bonds is 4. The molecule has 1 aromatic carbocycles. The van der Waals surface area contributed by atoms with Crippen LogP contribution in [0.3, 0.4) is 0 Å². The van der Waals surface area contributed by atoms with Gasteiger partial charge in [-0.15, -0.1) is 0 Å². The SMILES string of the molecule is Clc1cccc(N2CCCOCC2)c1CNC1CC1. The Morgan fingerprint density at radius 2 is 2.16 bits per heavy atom. The average molecular weight is 281 g/mol. The first-order chi connectivity index (χ1) is 9.34. The summed E-state index contributed by atoms with van der Waals surface area (Å²) in [5.74, 6) is 0. The van der Waals surface area contributed by atoms with Crippen LogP contribution < -0.4 is 10.2 Å². The highest BCUT2D eigenvalue weighted by molar-refractivity contribution is 6.31. The van der Waals surface area contributed by atoms with Gasteiger partial charge >= 0.3 is 0 Å². The second-order valence-corrected chi connectivity index (χ2v) is 5.75. The van der Waals surface area contributed by atoms with Crippen molar-refractivity contribution >= 4 is 17.3 Å². The Morgan fingerprint density at radius 1 is 1.26 bits per heavy atom. The van der Waals surface area contributed by atoms with Gasteiger partial charge in [-0.25, -0.2) is 0 Å². The summed E-state index contributed by atoms with van der Waals surface area (Å²) in [7, 11) is 0. The normalized spacial score (nSPS) is 20.4. The van der Waals surface area contributed by atoms with Crippen LogP contribution in [0.4, 0.5) is 5.69 Å². The standard InChI is InChI=1S/C15H21ClN2O/c16-14-3-1-4-15(13(14)11-17-12-5-6-12)18-7-2-9-19-10-8-18/h1,3-4,12,17H,2,5-11H2. The second kappa shape index (κ2) is 6.12. The monoisotopic (exact) mass is 280 g/mol. The number of ether oxygens (including phenoxy) is 1. The smallest absolute Gasteiger partial charge is 0.0641 e. The fourth-order valence-corrected chi connectivity index (χ4v) is 2.78. The third-order valence-electron chi connectivity index (χ3n) is 3.80. The molecule has 0 bridgehead atoms. The van der Waals surface area contributed by atoms with Crippen molar-refractivity contribution in [2.75, 3.05) is 31.2 Å². The minimum atomic E-state index is 0.705. The van der Waals surface area contributed by atoms with Gasteiger partial charge in [0.15, 0.2) is 0 Å². The van der Waals surface area contributed by atoms with Crippen molar-refractivity contribution in [3.05, 3.63) is 28.8 Å². The van der Waals surface area contributed by atoms with Crippen molar-refractivity contribution in [3.63, 3.8) is 0 Å². The summed E-state index contributed by atoms with van der Waals surface area (Å²) in [4.78, 5) is 2.41. The van der Waals surface area contributed by atoms with E-state index in [-0.39, 0.29) is 0 Å². The summed E-state index contributed by atoms with van der Waals surface area (Å²) in [5, 5.41) is 4.44. The molecular weight excluding hydrogens is 260 g/mol. The first kappa shape index (κ1) is 13.2. The molecule has 1 N–H and O–H groups in total. The molecule has 2 fully saturated rings. The van der Waals surface area contributed by atoms with Crippen LogP contribution in [0, 0.1) is 0 Å². The summed E-state index contributed by atoms with van der Waals surface area (Å²) in [6.45, 7) is 4.55. The molecule has 1 saturated heterocycles. The maximum absolute atomic E-state index is 6.40. The van der Waals surface area contributed by atoms with E-state index in [4.69, 9.17) is 16.3 Å². The Labute approximate surface area is 119 Å². The van der Waals surface area contributed by atoms with Crippen LogP contribution in [0.2, 0.25) is 5.02 Å². The molecule has 3 rings (SSSR count). The van der Waals surface area contributed by atoms with Crippen molar-refractivity contribution in [2.24, 2.45) is 0 Å². The maximum Gasteiger partial charge on any atom is 0.0641 e. The number of hydrogen-bond donors (Lipinski definition) is 1. The molecule has 1 saturated carbocycles. The van der Waals surface area contributed by atoms with Gasteiger partial charge in [0.2, 0.25) is 0 Å². The predicted molar refractivity (Wildman–Crippen MR) is 79.0 cm³/mol. The van der Waals surface area contributed by atoms with E-state index in [0.717, 1.165) is 44.3 Å². The summed E-state index contributed by atoms with van der Waals surface area (Å²) in [6.07, 6.45) is 3.69. The summed E-state index contributed by atoms with van der Waals surface area (Å²) < 4.78 is 5.53. The number of hydrogen-bond acceptors (Lipinski definition) is 3. The highest BCUT2D eigenvalue weighted by Gasteiger charge is 2.22. The molecule has 1 heterocycles. The Bertz CT molecular complexity index is 426. The van der Waals surface area contributed by atoms with Gasteiger partial charge in [-0.05, 0) is 31.4 Å². The van der Waals surface area contributed by atoms with Crippen LogP contribution in [0.5, 0.6) is 0 Å². The fraction of sp³-hybridized carbons (Fsp3) is 0.600. The van der Waals surface area contributed by atoms with Crippen LogP contribution in [-0.4, -0.2) is 32.3 Å². The molecule has 1 aromatic rings. The third kappa shape index (κ3) is 3.41. The number of halogens is 1. The lowest BCUT2D eigenvalue weighted by molar-refractivity contribution is 0.152. The largest absolute Gasteiger partial charge is 0.380 e. The fourth-order valence-electron chi connectivity index (χ4n) is 2.54. The Hall–Kier alpha value is -0.770. The minimum absolute atomic E-state index is 0.705. The highest BCUT2D eigenvalue weighted by Crippen LogP contribution is 2.29. The van der Waals surface area contributed by atoms with E-state index in [1.165, 1.54) is 24.1 Å². The average Bonchev–Trinajstić information content (AvgIpc) is 3.24. The zero-order valence-electron chi connectivity index (χ0n) is 11.2. The lowest BCUT2D eigenvalue weighted by atomic mass is 10.1. The first-order valence-corrected chi connectivity index (χ1v) is 7.56. The Kier molecular flexibility index (Phi) is 4.26. The number of anilines is 1. The molecule has 19 heavy (non-hydrogen) atoms. The van der Waals surface area contributed by atoms with Crippen molar-refractivity contribution in [1.29, 1.82) is 0 Å². The van der Waals surface area contributed by atoms with Crippen LogP contribution in [0.25, 0.3) is 0 Å². The molecule has 0 aromatic heterocycles. The zero-order chi connectivity index (χ0) is 13.1. The molecule has 0 atom stereocenters. The molecule has 4 heteroatoms. The van der Waals surface area contributed by atoms with Crippen molar-refractivity contribution < 1.29 is 4.74 Å². The zero-order valence-corrected chi connectivity index (χ0v) is 12.0. The van der Waals surface area contributed by atoms with E-state index in [9.17, 15) is 0 Å². The van der Waals surface area contributed by atoms with Crippen LogP contribution in [0.15, 0.2) is 18.2 Å². The van der Waals surface area contributed by atoms with Crippen molar-refractivity contribution in [2.45, 2.75) is 31.8 Å². The molecular formula is C15H21ClN2O. The number of nitrogens with zero attached hydrogens (tertiary/aromatic N) is 1. The van der Waals surface area contributed by atoms with Crippen LogP contribution >= 0.6 is 11.6 Å². The van der Waals surface area contributed by atoms with Gasteiger partial charge in [0.1, 0.15) is 0 Å². The summed E-state index contributed by atoms with van der Waals surface area (Å²) in [5.41, 5.74) is 2.50. The predicted octanol–water partition coefficient (Wildman–Crippen LogP) is 2.82. The summed E-state index contributed by atoms with van der Waals surface area (Å²) in [6, 6.07) is 6.92. The molecule has 0 unspecified atom stereocenters. The van der Waals surface area contributed by atoms with Crippen LogP contribution in [-0.2, 0) is 11.3 Å². The second-order valence-electron chi connectivity index (χ2n) is 5.35. The van der Waals surface area contributed by atoms with Crippen molar-refractivity contribution in [1.82, 2.24) is 5.32 Å². The van der Waals surface area contributed by atoms with E-state index in [1.54, 1.807) is 0 Å². The Morgan fingerprint density at radius 3 is 3.00 bits per heavy atom. The van der Waals surface area contributed by atoms with Gasteiger partial charge in [0, 0.05) is 48.6 Å². The van der Waals surface area contributed by atoms with E-state index >= 15 is 0 Å². The van der Waals surface area contributed by atoms with Gasteiger partial charge in [0.05, 0.1) is 6.61 Å². The highest BCUT2D eigenvalue weighted by atomic mass is 35.5. The molecule has 0 radical (unpaired) electrons. The lowest BCUT2D eigenvalue weighted by Crippen LogP contribution is -2.28. The van der Waals surface area contributed by atoms with E-state index in [0.29, 0.717) is 6.04 Å². The molecule has 1 aliphatic carbocycles. The van der Waals surface area contributed by atoms with Gasteiger partial charge in [-0.3, -0.25) is 0 Å². The van der Waals surface area contributed by atoms with Gasteiger partial charge in [-0.2, -0.15) is 0 Å². The minimum Gasteiger partial charge on any atom is -0.380 e. The number of nitrogens with one attached hydrogen (secondary N) is 1. The molecule has 104 valence electrons. The topological polar surface area (TPSA) is 24.5 Å². The maximum atomic E-state index is 6.40. The van der Waals surface area contributed by atoms with Crippen molar-refractivity contribution in [3.8, 4) is 0 Å². The molecule has 2 aliphatic rings. The van der Waals surface area contributed by atoms with Gasteiger partial charge in [0.25, 0.3) is 0 Å². The van der Waals surface area contributed by atoms with E-state index in [2.05, 4.69) is 16.3 Å². The summed E-state index contributed by atoms with van der Waals surface area (Å²) >= 11 is 6.40. The van der Waals surface area contributed by atoms with Gasteiger partial charge < -0.3 is 15.0 Å². The molecule has 3 nitrogen and oxygen atoms in total. The third-order valence-corrected chi connectivity index (χ3v) is 4.16. The van der Waals surface area contributed by atoms with Gasteiger partial charge in [-0.1, -0.05) is 17.7 Å². The first-order valence-electron chi connectivity index (χ1n) is 7.18. The molecule has 0 amide bonds. The molecule has 1 aliphatic heterocycles. The Balaban J connectivity index is 1.78. The molecule has 0 spiro atoms. The lowest BCUT2D eigenvalue weighted by Gasteiger charge is -2.25. The van der Waals surface area contributed by atoms with E-state index < -0.39 is 0 Å². The van der Waals surface area contributed by atoms with Crippen LogP contribution in [0.1, 0.15) is 24.8 Å².